The predicted molar refractivity (Wildman–Crippen MR) is 56.4 cm³/mol. The summed E-state index contributed by atoms with van der Waals surface area (Å²) in [6.45, 7) is 4.85. The molecule has 0 radical (unpaired) electrons. The molecule has 2 unspecified atom stereocenters. The summed E-state index contributed by atoms with van der Waals surface area (Å²) in [5.74, 6) is 0.434. The maximum Gasteiger partial charge on any atom is 0.0974 e. The van der Waals surface area contributed by atoms with Gasteiger partial charge < -0.3 is 14.3 Å². The quantitative estimate of drug-likeness (QED) is 0.814. The second kappa shape index (κ2) is 3.99. The fraction of sp³-hybridized carbons (Fsp3) is 0.667. The van der Waals surface area contributed by atoms with Crippen molar-refractivity contribution in [3.8, 4) is 0 Å². The van der Waals surface area contributed by atoms with E-state index in [1.165, 1.54) is 0 Å². The lowest BCUT2D eigenvalue weighted by Gasteiger charge is -2.38. The summed E-state index contributed by atoms with van der Waals surface area (Å²) in [6, 6.07) is 1.84. The van der Waals surface area contributed by atoms with Crippen molar-refractivity contribution in [3.63, 3.8) is 0 Å². The number of furan rings is 1. The monoisotopic (exact) mass is 210 g/mol. The lowest BCUT2D eigenvalue weighted by atomic mass is 9.82. The second-order valence-corrected chi connectivity index (χ2v) is 4.65. The van der Waals surface area contributed by atoms with Gasteiger partial charge in [-0.1, -0.05) is 13.8 Å². The molecule has 0 bridgehead atoms. The van der Waals surface area contributed by atoms with Crippen LogP contribution in [0.2, 0.25) is 0 Å². The molecule has 1 N–H and O–H groups in total. The highest BCUT2D eigenvalue weighted by molar-refractivity contribution is 5.17. The average Bonchev–Trinajstić information content (AvgIpc) is 2.71. The van der Waals surface area contributed by atoms with E-state index in [9.17, 15) is 5.11 Å². The van der Waals surface area contributed by atoms with Crippen LogP contribution in [-0.4, -0.2) is 17.8 Å². The van der Waals surface area contributed by atoms with Crippen LogP contribution < -0.4 is 0 Å². The molecular weight excluding hydrogens is 192 g/mol. The first-order chi connectivity index (χ1) is 7.12. The van der Waals surface area contributed by atoms with Crippen molar-refractivity contribution in [1.29, 1.82) is 0 Å². The Balaban J connectivity index is 2.15. The van der Waals surface area contributed by atoms with Gasteiger partial charge in [-0.2, -0.15) is 0 Å². The van der Waals surface area contributed by atoms with E-state index in [1.54, 1.807) is 12.5 Å². The maximum atomic E-state index is 10.5. The normalized spacial score (nSPS) is 32.1. The zero-order chi connectivity index (χ0) is 10.9. The molecule has 0 saturated carbocycles. The molecule has 1 aliphatic rings. The molecule has 84 valence electrons. The van der Waals surface area contributed by atoms with Gasteiger partial charge in [0.2, 0.25) is 0 Å². The van der Waals surface area contributed by atoms with Gasteiger partial charge in [0.1, 0.15) is 0 Å². The van der Waals surface area contributed by atoms with E-state index in [0.29, 0.717) is 25.4 Å². The van der Waals surface area contributed by atoms with Gasteiger partial charge in [-0.05, 0) is 12.0 Å². The molecule has 3 heteroatoms. The minimum Gasteiger partial charge on any atom is -0.472 e. The molecule has 2 atom stereocenters. The van der Waals surface area contributed by atoms with Crippen LogP contribution >= 0.6 is 0 Å². The molecule has 2 rings (SSSR count). The first kappa shape index (κ1) is 10.7. The molecule has 3 nitrogen and oxygen atoms in total. The SMILES string of the molecule is CC(C)C1CC(O)(c2ccoc2)CCO1. The highest BCUT2D eigenvalue weighted by Gasteiger charge is 2.38. The van der Waals surface area contributed by atoms with E-state index in [-0.39, 0.29) is 6.10 Å². The molecule has 0 amide bonds. The third-order valence-corrected chi connectivity index (χ3v) is 3.19. The van der Waals surface area contributed by atoms with Gasteiger partial charge >= 0.3 is 0 Å². The van der Waals surface area contributed by atoms with Crippen LogP contribution in [0.4, 0.5) is 0 Å². The lowest BCUT2D eigenvalue weighted by Crippen LogP contribution is -2.40. The second-order valence-electron chi connectivity index (χ2n) is 4.65. The summed E-state index contributed by atoms with van der Waals surface area (Å²) in [7, 11) is 0. The van der Waals surface area contributed by atoms with Gasteiger partial charge in [-0.15, -0.1) is 0 Å². The van der Waals surface area contributed by atoms with E-state index in [1.807, 2.05) is 6.07 Å². The third-order valence-electron chi connectivity index (χ3n) is 3.19. The summed E-state index contributed by atoms with van der Waals surface area (Å²) in [5.41, 5.74) is 0.108. The Kier molecular flexibility index (Phi) is 2.85. The predicted octanol–water partition coefficient (Wildman–Crippen LogP) is 2.30. The third kappa shape index (κ3) is 2.08. The Hall–Kier alpha value is -0.800. The molecule has 0 aliphatic carbocycles. The zero-order valence-corrected chi connectivity index (χ0v) is 9.27. The van der Waals surface area contributed by atoms with E-state index < -0.39 is 5.60 Å². The van der Waals surface area contributed by atoms with Crippen molar-refractivity contribution in [2.24, 2.45) is 5.92 Å². The van der Waals surface area contributed by atoms with Crippen molar-refractivity contribution >= 4 is 0 Å². The minimum absolute atomic E-state index is 0.138. The van der Waals surface area contributed by atoms with E-state index >= 15 is 0 Å². The lowest BCUT2D eigenvalue weighted by molar-refractivity contribution is -0.121. The van der Waals surface area contributed by atoms with Gasteiger partial charge in [0.25, 0.3) is 0 Å². The van der Waals surface area contributed by atoms with Gasteiger partial charge in [0.05, 0.1) is 30.8 Å². The topological polar surface area (TPSA) is 42.6 Å². The average molecular weight is 210 g/mol. The molecule has 1 fully saturated rings. The molecule has 0 spiro atoms. The Bertz CT molecular complexity index is 305. The van der Waals surface area contributed by atoms with Crippen LogP contribution in [0.5, 0.6) is 0 Å². The van der Waals surface area contributed by atoms with Crippen molar-refractivity contribution < 1.29 is 14.3 Å². The summed E-state index contributed by atoms with van der Waals surface area (Å²) in [6.07, 6.45) is 4.68. The fourth-order valence-electron chi connectivity index (χ4n) is 2.09. The molecule has 0 aromatic carbocycles. The van der Waals surface area contributed by atoms with Crippen molar-refractivity contribution in [2.75, 3.05) is 6.61 Å². The van der Waals surface area contributed by atoms with Crippen LogP contribution in [0, 0.1) is 5.92 Å². The first-order valence-corrected chi connectivity index (χ1v) is 5.48. The van der Waals surface area contributed by atoms with Crippen molar-refractivity contribution in [2.45, 2.75) is 38.4 Å². The summed E-state index contributed by atoms with van der Waals surface area (Å²) in [5, 5.41) is 10.5. The first-order valence-electron chi connectivity index (χ1n) is 5.48. The number of hydrogen-bond acceptors (Lipinski definition) is 3. The van der Waals surface area contributed by atoms with Crippen LogP contribution in [0.3, 0.4) is 0 Å². The van der Waals surface area contributed by atoms with Gasteiger partial charge in [-0.3, -0.25) is 0 Å². The highest BCUT2D eigenvalue weighted by Crippen LogP contribution is 2.36. The van der Waals surface area contributed by atoms with E-state index in [0.717, 1.165) is 5.56 Å². The fourth-order valence-corrected chi connectivity index (χ4v) is 2.09. The van der Waals surface area contributed by atoms with Gasteiger partial charge in [0, 0.05) is 18.4 Å². The van der Waals surface area contributed by atoms with Crippen LogP contribution in [0.1, 0.15) is 32.3 Å². The van der Waals surface area contributed by atoms with Crippen molar-refractivity contribution in [1.82, 2.24) is 0 Å². The summed E-state index contributed by atoms with van der Waals surface area (Å²) >= 11 is 0. The Morgan fingerprint density at radius 3 is 2.93 bits per heavy atom. The number of aliphatic hydroxyl groups is 1. The molecule has 1 aromatic rings. The smallest absolute Gasteiger partial charge is 0.0974 e. The standard InChI is InChI=1S/C12H18O3/c1-9(2)11-7-12(13,4-6-15-11)10-3-5-14-8-10/h3,5,8-9,11,13H,4,6-7H2,1-2H3. The summed E-state index contributed by atoms with van der Waals surface area (Å²) in [4.78, 5) is 0. The molecule has 1 aliphatic heterocycles. The zero-order valence-electron chi connectivity index (χ0n) is 9.27. The largest absolute Gasteiger partial charge is 0.472 e. The van der Waals surface area contributed by atoms with Gasteiger partial charge in [-0.25, -0.2) is 0 Å². The number of hydrogen-bond donors (Lipinski definition) is 1. The molecule has 1 aromatic heterocycles. The van der Waals surface area contributed by atoms with Crippen LogP contribution in [0.15, 0.2) is 23.0 Å². The van der Waals surface area contributed by atoms with Gasteiger partial charge in [0.15, 0.2) is 0 Å². The molecular formula is C12H18O3. The summed E-state index contributed by atoms with van der Waals surface area (Å²) < 4.78 is 10.7. The van der Waals surface area contributed by atoms with Crippen LogP contribution in [0.25, 0.3) is 0 Å². The van der Waals surface area contributed by atoms with E-state index in [4.69, 9.17) is 9.15 Å². The number of rotatable bonds is 2. The van der Waals surface area contributed by atoms with E-state index in [2.05, 4.69) is 13.8 Å². The van der Waals surface area contributed by atoms with Crippen molar-refractivity contribution in [3.05, 3.63) is 24.2 Å². The van der Waals surface area contributed by atoms with Crippen LogP contribution in [-0.2, 0) is 10.3 Å². The molecule has 2 heterocycles. The maximum absolute atomic E-state index is 10.5. The molecule has 15 heavy (non-hydrogen) atoms. The Labute approximate surface area is 90.0 Å². The minimum atomic E-state index is -0.764. The Morgan fingerprint density at radius 2 is 2.33 bits per heavy atom. The highest BCUT2D eigenvalue weighted by atomic mass is 16.5. The molecule has 1 saturated heterocycles. The number of ether oxygens (including phenoxy) is 1. The Morgan fingerprint density at radius 1 is 1.53 bits per heavy atom.